The van der Waals surface area contributed by atoms with Crippen molar-refractivity contribution in [3.63, 3.8) is 0 Å². The SMILES string of the molecule is O=C(Nc1ccccc1F)C1CCCN(c2nnc(-n3cccc3)s2)C1. The number of carbonyl (C=O) groups excluding carboxylic acids is 1. The van der Waals surface area contributed by atoms with E-state index in [-0.39, 0.29) is 17.5 Å². The summed E-state index contributed by atoms with van der Waals surface area (Å²) in [6.07, 6.45) is 5.50. The number of hydrogen-bond donors (Lipinski definition) is 1. The standard InChI is InChI=1S/C18H18FN5OS/c19-14-7-1-2-8-15(14)20-16(25)13-6-5-11-24(12-13)18-22-21-17(26-18)23-9-3-4-10-23/h1-4,7-10,13H,5-6,11-12H2,(H,20,25). The maximum absolute atomic E-state index is 13.8. The van der Waals surface area contributed by atoms with Crippen LogP contribution in [0.1, 0.15) is 12.8 Å². The van der Waals surface area contributed by atoms with Gasteiger partial charge in [-0.15, -0.1) is 10.2 Å². The number of nitrogens with zero attached hydrogens (tertiary/aromatic N) is 4. The van der Waals surface area contributed by atoms with Crippen LogP contribution in [-0.2, 0) is 4.79 Å². The molecule has 0 radical (unpaired) electrons. The smallest absolute Gasteiger partial charge is 0.229 e. The molecule has 0 spiro atoms. The summed E-state index contributed by atoms with van der Waals surface area (Å²) in [4.78, 5) is 14.6. The van der Waals surface area contributed by atoms with Crippen LogP contribution in [0.25, 0.3) is 5.13 Å². The molecular formula is C18H18FN5OS. The number of anilines is 2. The number of amides is 1. The quantitative estimate of drug-likeness (QED) is 0.764. The predicted molar refractivity (Wildman–Crippen MR) is 99.2 cm³/mol. The molecule has 26 heavy (non-hydrogen) atoms. The van der Waals surface area contributed by atoms with Gasteiger partial charge in [-0.25, -0.2) is 4.39 Å². The fraction of sp³-hybridized carbons (Fsp3) is 0.278. The minimum Gasteiger partial charge on any atom is -0.346 e. The van der Waals surface area contributed by atoms with Crippen LogP contribution in [0, 0.1) is 11.7 Å². The van der Waals surface area contributed by atoms with Gasteiger partial charge in [-0.3, -0.25) is 9.36 Å². The number of nitrogens with one attached hydrogen (secondary N) is 1. The van der Waals surface area contributed by atoms with Gasteiger partial charge in [0.15, 0.2) is 0 Å². The highest BCUT2D eigenvalue weighted by Gasteiger charge is 2.28. The van der Waals surface area contributed by atoms with Crippen LogP contribution in [0.4, 0.5) is 15.2 Å². The van der Waals surface area contributed by atoms with Gasteiger partial charge in [0.25, 0.3) is 0 Å². The molecule has 1 N–H and O–H groups in total. The van der Waals surface area contributed by atoms with Gasteiger partial charge in [0.1, 0.15) is 5.82 Å². The van der Waals surface area contributed by atoms with Gasteiger partial charge >= 0.3 is 0 Å². The van der Waals surface area contributed by atoms with Gasteiger partial charge in [-0.05, 0) is 37.1 Å². The minimum atomic E-state index is -0.422. The Kier molecular flexibility index (Phi) is 4.66. The molecule has 2 aromatic heterocycles. The Hall–Kier alpha value is -2.74. The average Bonchev–Trinajstić information content (AvgIpc) is 3.35. The van der Waals surface area contributed by atoms with Crippen molar-refractivity contribution in [2.24, 2.45) is 5.92 Å². The number of halogens is 1. The molecule has 0 bridgehead atoms. The van der Waals surface area contributed by atoms with Gasteiger partial charge in [0, 0.05) is 25.5 Å². The number of rotatable bonds is 4. The van der Waals surface area contributed by atoms with Crippen molar-refractivity contribution in [3.05, 3.63) is 54.6 Å². The number of piperidine rings is 1. The lowest BCUT2D eigenvalue weighted by atomic mass is 9.97. The summed E-state index contributed by atoms with van der Waals surface area (Å²) >= 11 is 1.49. The molecular weight excluding hydrogens is 353 g/mol. The summed E-state index contributed by atoms with van der Waals surface area (Å²) in [7, 11) is 0. The Morgan fingerprint density at radius 3 is 2.73 bits per heavy atom. The van der Waals surface area contributed by atoms with Crippen LogP contribution in [-0.4, -0.2) is 33.8 Å². The monoisotopic (exact) mass is 371 g/mol. The fourth-order valence-corrected chi connectivity index (χ4v) is 3.91. The van der Waals surface area contributed by atoms with Crippen LogP contribution < -0.4 is 10.2 Å². The second kappa shape index (κ2) is 7.25. The number of benzene rings is 1. The Morgan fingerprint density at radius 1 is 1.15 bits per heavy atom. The maximum atomic E-state index is 13.8. The molecule has 1 fully saturated rings. The molecule has 3 heterocycles. The van der Waals surface area contributed by atoms with Crippen molar-refractivity contribution in [3.8, 4) is 5.13 Å². The highest BCUT2D eigenvalue weighted by molar-refractivity contribution is 7.17. The van der Waals surface area contributed by atoms with E-state index in [2.05, 4.69) is 20.4 Å². The lowest BCUT2D eigenvalue weighted by molar-refractivity contribution is -0.120. The van der Waals surface area contributed by atoms with E-state index in [9.17, 15) is 9.18 Å². The molecule has 1 unspecified atom stereocenters. The van der Waals surface area contributed by atoms with Gasteiger partial charge in [-0.2, -0.15) is 0 Å². The first-order valence-corrected chi connectivity index (χ1v) is 9.29. The third-order valence-corrected chi connectivity index (χ3v) is 5.42. The van der Waals surface area contributed by atoms with Gasteiger partial charge in [0.05, 0.1) is 11.6 Å². The van der Waals surface area contributed by atoms with Crippen LogP contribution in [0.3, 0.4) is 0 Å². The van der Waals surface area contributed by atoms with Crippen LogP contribution in [0.5, 0.6) is 0 Å². The molecule has 1 aliphatic rings. The Bertz CT molecular complexity index is 895. The average molecular weight is 371 g/mol. The van der Waals surface area contributed by atoms with Crippen molar-refractivity contribution in [2.45, 2.75) is 12.8 Å². The van der Waals surface area contributed by atoms with E-state index in [4.69, 9.17) is 0 Å². The molecule has 1 aromatic carbocycles. The van der Waals surface area contributed by atoms with Crippen LogP contribution in [0.2, 0.25) is 0 Å². The zero-order valence-electron chi connectivity index (χ0n) is 14.0. The summed E-state index contributed by atoms with van der Waals surface area (Å²) < 4.78 is 15.7. The Balaban J connectivity index is 1.44. The van der Waals surface area contributed by atoms with E-state index in [0.717, 1.165) is 29.6 Å². The van der Waals surface area contributed by atoms with E-state index in [1.807, 2.05) is 29.1 Å². The van der Waals surface area contributed by atoms with Crippen LogP contribution in [0.15, 0.2) is 48.8 Å². The molecule has 1 aliphatic heterocycles. The lowest BCUT2D eigenvalue weighted by Crippen LogP contribution is -2.40. The second-order valence-electron chi connectivity index (χ2n) is 6.21. The molecule has 6 nitrogen and oxygen atoms in total. The lowest BCUT2D eigenvalue weighted by Gasteiger charge is -2.31. The van der Waals surface area contributed by atoms with E-state index in [1.54, 1.807) is 18.2 Å². The zero-order chi connectivity index (χ0) is 17.9. The van der Waals surface area contributed by atoms with Gasteiger partial charge in [0.2, 0.25) is 16.2 Å². The highest BCUT2D eigenvalue weighted by Crippen LogP contribution is 2.28. The summed E-state index contributed by atoms with van der Waals surface area (Å²) in [5.41, 5.74) is 0.223. The maximum Gasteiger partial charge on any atom is 0.229 e. The summed E-state index contributed by atoms with van der Waals surface area (Å²) in [5, 5.41) is 12.8. The third kappa shape index (κ3) is 3.45. The van der Waals surface area contributed by atoms with Gasteiger partial charge < -0.3 is 10.2 Å². The molecule has 0 aliphatic carbocycles. The van der Waals surface area contributed by atoms with E-state index in [1.165, 1.54) is 17.4 Å². The van der Waals surface area contributed by atoms with Gasteiger partial charge in [-0.1, -0.05) is 23.5 Å². The van der Waals surface area contributed by atoms with Crippen molar-refractivity contribution in [1.82, 2.24) is 14.8 Å². The van der Waals surface area contributed by atoms with Crippen molar-refractivity contribution in [2.75, 3.05) is 23.3 Å². The third-order valence-electron chi connectivity index (χ3n) is 4.42. The summed E-state index contributed by atoms with van der Waals surface area (Å²) in [6.45, 7) is 1.39. The van der Waals surface area contributed by atoms with Crippen molar-refractivity contribution < 1.29 is 9.18 Å². The number of aromatic nitrogens is 3. The van der Waals surface area contributed by atoms with Crippen molar-refractivity contribution >= 4 is 28.1 Å². The molecule has 0 saturated carbocycles. The number of para-hydroxylation sites is 1. The largest absolute Gasteiger partial charge is 0.346 e. The Morgan fingerprint density at radius 2 is 1.92 bits per heavy atom. The zero-order valence-corrected chi connectivity index (χ0v) is 14.8. The molecule has 134 valence electrons. The van der Waals surface area contributed by atoms with Crippen molar-refractivity contribution in [1.29, 1.82) is 0 Å². The minimum absolute atomic E-state index is 0.157. The highest BCUT2D eigenvalue weighted by atomic mass is 32.1. The molecule has 1 amide bonds. The molecule has 1 atom stereocenters. The first-order valence-electron chi connectivity index (χ1n) is 8.48. The topological polar surface area (TPSA) is 63.1 Å². The summed E-state index contributed by atoms with van der Waals surface area (Å²) in [5.74, 6) is -0.786. The van der Waals surface area contributed by atoms with E-state index < -0.39 is 5.82 Å². The number of carbonyl (C=O) groups is 1. The van der Waals surface area contributed by atoms with E-state index in [0.29, 0.717) is 6.54 Å². The summed E-state index contributed by atoms with van der Waals surface area (Å²) in [6, 6.07) is 10.1. The fourth-order valence-electron chi connectivity index (χ4n) is 3.06. The molecule has 3 aromatic rings. The first-order chi connectivity index (χ1) is 12.7. The van der Waals surface area contributed by atoms with E-state index >= 15 is 0 Å². The molecule has 1 saturated heterocycles. The van der Waals surface area contributed by atoms with Crippen LogP contribution >= 0.6 is 11.3 Å². The molecule has 4 rings (SSSR count). The Labute approximate surface area is 154 Å². The number of hydrogen-bond acceptors (Lipinski definition) is 5. The first kappa shape index (κ1) is 16.7. The predicted octanol–water partition coefficient (Wildman–Crippen LogP) is 3.32. The normalized spacial score (nSPS) is 17.3. The second-order valence-corrected chi connectivity index (χ2v) is 7.15. The molecule has 8 heteroatoms.